The first-order chi connectivity index (χ1) is 7.72. The molecule has 0 aliphatic heterocycles. The van der Waals surface area contributed by atoms with E-state index >= 15 is 0 Å². The van der Waals surface area contributed by atoms with E-state index < -0.39 is 0 Å². The lowest BCUT2D eigenvalue weighted by Gasteiger charge is -2.08. The molecule has 2 rings (SSSR count). The fourth-order valence-corrected chi connectivity index (χ4v) is 1.75. The maximum Gasteiger partial charge on any atom is 0.159 e. The molecule has 0 amide bonds. The molecule has 0 aliphatic rings. The molecule has 3 nitrogen and oxygen atoms in total. The summed E-state index contributed by atoms with van der Waals surface area (Å²) in [6, 6.07) is 9.98. The average molecular weight is 213 g/mol. The summed E-state index contributed by atoms with van der Waals surface area (Å²) in [5.74, 6) is 0.771. The molecule has 3 heteroatoms. The summed E-state index contributed by atoms with van der Waals surface area (Å²) in [4.78, 5) is 8.97. The second-order valence-corrected chi connectivity index (χ2v) is 3.77. The first-order valence-corrected chi connectivity index (χ1v) is 5.32. The monoisotopic (exact) mass is 213 g/mol. The zero-order valence-electron chi connectivity index (χ0n) is 9.57. The second-order valence-electron chi connectivity index (χ2n) is 3.77. The first kappa shape index (κ1) is 10.8. The summed E-state index contributed by atoms with van der Waals surface area (Å²) < 4.78 is 0. The predicted octanol–water partition coefficient (Wildman–Crippen LogP) is 2.22. The number of benzene rings is 1. The highest BCUT2D eigenvalue weighted by atomic mass is 14.9. The Hall–Kier alpha value is -1.74. The summed E-state index contributed by atoms with van der Waals surface area (Å²) in [5, 5.41) is 0. The molecular formula is C13H15N3. The lowest BCUT2D eigenvalue weighted by atomic mass is 10.1. The predicted molar refractivity (Wildman–Crippen MR) is 64.8 cm³/mol. The van der Waals surface area contributed by atoms with Crippen molar-refractivity contribution in [2.24, 2.45) is 5.73 Å². The molecule has 1 aromatic carbocycles. The van der Waals surface area contributed by atoms with Crippen molar-refractivity contribution in [1.82, 2.24) is 9.97 Å². The third-order valence-corrected chi connectivity index (χ3v) is 2.66. The molecule has 82 valence electrons. The molecule has 2 N–H and O–H groups in total. The zero-order chi connectivity index (χ0) is 11.5. The Labute approximate surface area is 95.4 Å². The topological polar surface area (TPSA) is 51.8 Å². The zero-order valence-corrected chi connectivity index (χ0v) is 9.57. The molecule has 0 fully saturated rings. The van der Waals surface area contributed by atoms with Gasteiger partial charge in [0, 0.05) is 29.1 Å². The van der Waals surface area contributed by atoms with Crippen LogP contribution in [-0.2, 0) is 6.54 Å². The van der Waals surface area contributed by atoms with Crippen LogP contribution in [0.4, 0.5) is 0 Å². The van der Waals surface area contributed by atoms with Crippen LogP contribution in [0.1, 0.15) is 17.0 Å². The Morgan fingerprint density at radius 1 is 1.00 bits per heavy atom. The minimum atomic E-state index is 0.493. The Morgan fingerprint density at radius 2 is 1.56 bits per heavy atom. The first-order valence-electron chi connectivity index (χ1n) is 5.32. The van der Waals surface area contributed by atoms with E-state index in [1.165, 1.54) is 0 Å². The third kappa shape index (κ3) is 1.95. The van der Waals surface area contributed by atoms with E-state index in [-0.39, 0.29) is 0 Å². The van der Waals surface area contributed by atoms with Gasteiger partial charge in [-0.2, -0.15) is 0 Å². The van der Waals surface area contributed by atoms with Gasteiger partial charge in [-0.05, 0) is 13.8 Å². The van der Waals surface area contributed by atoms with Crippen LogP contribution in [-0.4, -0.2) is 9.97 Å². The van der Waals surface area contributed by atoms with Crippen LogP contribution in [0, 0.1) is 13.8 Å². The minimum Gasteiger partial charge on any atom is -0.326 e. The van der Waals surface area contributed by atoms with Crippen molar-refractivity contribution in [3.8, 4) is 11.4 Å². The summed E-state index contributed by atoms with van der Waals surface area (Å²) in [5.41, 5.74) is 9.67. The van der Waals surface area contributed by atoms with Gasteiger partial charge < -0.3 is 5.73 Å². The fraction of sp³-hybridized carbons (Fsp3) is 0.231. The molecule has 0 spiro atoms. The molecular weight excluding hydrogens is 198 g/mol. The van der Waals surface area contributed by atoms with Gasteiger partial charge in [0.15, 0.2) is 5.82 Å². The SMILES string of the molecule is Cc1nc(-c2ccccc2)nc(C)c1CN. The second kappa shape index (κ2) is 4.41. The fourth-order valence-electron chi connectivity index (χ4n) is 1.75. The number of aromatic nitrogens is 2. The van der Waals surface area contributed by atoms with Gasteiger partial charge >= 0.3 is 0 Å². The van der Waals surface area contributed by atoms with E-state index in [2.05, 4.69) is 9.97 Å². The Kier molecular flexibility index (Phi) is 2.97. The molecule has 0 unspecified atom stereocenters. The van der Waals surface area contributed by atoms with Crippen molar-refractivity contribution in [2.75, 3.05) is 0 Å². The van der Waals surface area contributed by atoms with Crippen molar-refractivity contribution in [2.45, 2.75) is 20.4 Å². The number of aryl methyl sites for hydroxylation is 2. The molecule has 0 bridgehead atoms. The third-order valence-electron chi connectivity index (χ3n) is 2.66. The van der Waals surface area contributed by atoms with Gasteiger partial charge in [-0.25, -0.2) is 9.97 Å². The van der Waals surface area contributed by atoms with Crippen LogP contribution in [0.3, 0.4) is 0 Å². The number of nitrogens with two attached hydrogens (primary N) is 1. The van der Waals surface area contributed by atoms with Crippen molar-refractivity contribution in [1.29, 1.82) is 0 Å². The van der Waals surface area contributed by atoms with Crippen LogP contribution >= 0.6 is 0 Å². The number of hydrogen-bond acceptors (Lipinski definition) is 3. The van der Waals surface area contributed by atoms with Crippen molar-refractivity contribution < 1.29 is 0 Å². The minimum absolute atomic E-state index is 0.493. The van der Waals surface area contributed by atoms with Crippen LogP contribution in [0.2, 0.25) is 0 Å². The number of rotatable bonds is 2. The molecule has 16 heavy (non-hydrogen) atoms. The highest BCUT2D eigenvalue weighted by Crippen LogP contribution is 2.17. The molecule has 2 aromatic rings. The van der Waals surface area contributed by atoms with E-state index in [4.69, 9.17) is 5.73 Å². The molecule has 0 saturated carbocycles. The lowest BCUT2D eigenvalue weighted by molar-refractivity contribution is 0.939. The van der Waals surface area contributed by atoms with Crippen LogP contribution < -0.4 is 5.73 Å². The smallest absolute Gasteiger partial charge is 0.159 e. The van der Waals surface area contributed by atoms with Crippen LogP contribution in [0.5, 0.6) is 0 Å². The molecule has 0 aliphatic carbocycles. The van der Waals surface area contributed by atoms with Crippen molar-refractivity contribution in [3.05, 3.63) is 47.3 Å². The maximum absolute atomic E-state index is 5.66. The summed E-state index contributed by atoms with van der Waals surface area (Å²) in [6.07, 6.45) is 0. The van der Waals surface area contributed by atoms with Gasteiger partial charge in [-0.1, -0.05) is 30.3 Å². The Balaban J connectivity index is 2.53. The Morgan fingerprint density at radius 3 is 2.06 bits per heavy atom. The molecule has 0 saturated heterocycles. The van der Waals surface area contributed by atoms with Crippen LogP contribution in [0.15, 0.2) is 30.3 Å². The van der Waals surface area contributed by atoms with Gasteiger partial charge in [0.2, 0.25) is 0 Å². The van der Waals surface area contributed by atoms with E-state index in [0.717, 1.165) is 28.3 Å². The number of nitrogens with zero attached hydrogens (tertiary/aromatic N) is 2. The standard InChI is InChI=1S/C13H15N3/c1-9-12(8-14)10(2)16-13(15-9)11-6-4-3-5-7-11/h3-7H,8,14H2,1-2H3. The molecule has 0 atom stereocenters. The largest absolute Gasteiger partial charge is 0.326 e. The highest BCUT2D eigenvalue weighted by Gasteiger charge is 2.07. The normalized spacial score (nSPS) is 10.4. The van der Waals surface area contributed by atoms with Gasteiger partial charge in [-0.3, -0.25) is 0 Å². The molecule has 1 heterocycles. The average Bonchev–Trinajstić information content (AvgIpc) is 2.30. The Bertz CT molecular complexity index is 469. The van der Waals surface area contributed by atoms with E-state index in [9.17, 15) is 0 Å². The quantitative estimate of drug-likeness (QED) is 0.832. The van der Waals surface area contributed by atoms with Crippen LogP contribution in [0.25, 0.3) is 11.4 Å². The van der Waals surface area contributed by atoms with Gasteiger partial charge in [0.05, 0.1) is 0 Å². The summed E-state index contributed by atoms with van der Waals surface area (Å²) >= 11 is 0. The van der Waals surface area contributed by atoms with Crippen molar-refractivity contribution >= 4 is 0 Å². The van der Waals surface area contributed by atoms with Gasteiger partial charge in [-0.15, -0.1) is 0 Å². The molecule has 0 radical (unpaired) electrons. The molecule has 1 aromatic heterocycles. The van der Waals surface area contributed by atoms with E-state index in [1.807, 2.05) is 44.2 Å². The highest BCUT2D eigenvalue weighted by molar-refractivity contribution is 5.55. The van der Waals surface area contributed by atoms with E-state index in [1.54, 1.807) is 0 Å². The van der Waals surface area contributed by atoms with E-state index in [0.29, 0.717) is 6.54 Å². The lowest BCUT2D eigenvalue weighted by Crippen LogP contribution is -2.07. The maximum atomic E-state index is 5.66. The number of hydrogen-bond donors (Lipinski definition) is 1. The van der Waals surface area contributed by atoms with Crippen molar-refractivity contribution in [3.63, 3.8) is 0 Å². The summed E-state index contributed by atoms with van der Waals surface area (Å²) in [7, 11) is 0. The summed E-state index contributed by atoms with van der Waals surface area (Å²) in [6.45, 7) is 4.44. The van der Waals surface area contributed by atoms with Gasteiger partial charge in [0.25, 0.3) is 0 Å². The van der Waals surface area contributed by atoms with Gasteiger partial charge in [0.1, 0.15) is 0 Å².